The van der Waals surface area contributed by atoms with E-state index in [-0.39, 0.29) is 25.7 Å². The molecule has 3 N–H and O–H groups in total. The van der Waals surface area contributed by atoms with E-state index in [9.17, 15) is 43.2 Å². The first-order valence-electron chi connectivity index (χ1n) is 35.8. The van der Waals surface area contributed by atoms with E-state index in [1.165, 1.54) is 148 Å². The SMILES string of the molecule is CCCCCCCC(=O)OC[C@H](COP(=O)(O)OC[C@H](O)COP(=O)(O)OC[C@@H](COC(=O)CCCCCCCCCCCCC(C)C)OC(=O)CCCCCCCCCCCCCCCCCCCCC(C)C)OC(=O)CCCCCCCCC(C)C. The van der Waals surface area contributed by atoms with Crippen molar-refractivity contribution >= 4 is 39.5 Å². The molecule has 522 valence electrons. The number of aliphatic hydroxyl groups is 1. The van der Waals surface area contributed by atoms with E-state index in [1.54, 1.807) is 0 Å². The van der Waals surface area contributed by atoms with Crippen LogP contribution in [-0.4, -0.2) is 96.7 Å². The van der Waals surface area contributed by atoms with Crippen LogP contribution in [0.5, 0.6) is 0 Å². The standard InChI is InChI=1S/C69H134O17P2/c1-8-9-10-33-43-50-66(71)79-56-64(86-69(74)53-46-39-32-31-36-42-49-62(6)7)58-83-87(75,76)81-54-63(70)55-82-88(77,78)84-59-65(57-80-67(72)51-44-37-29-25-22-21-24-28-35-41-48-61(4)5)85-68(73)52-45-38-30-26-20-18-16-14-12-11-13-15-17-19-23-27-34-40-47-60(2)3/h60-65,70H,8-59H2,1-7H3,(H,75,76)(H,77,78)/t63-,64+,65+/m0/s1. The lowest BCUT2D eigenvalue weighted by Gasteiger charge is -2.21. The van der Waals surface area contributed by atoms with Gasteiger partial charge in [-0.2, -0.15) is 0 Å². The van der Waals surface area contributed by atoms with Crippen LogP contribution in [0.2, 0.25) is 0 Å². The van der Waals surface area contributed by atoms with E-state index in [0.29, 0.717) is 31.6 Å². The van der Waals surface area contributed by atoms with Crippen molar-refractivity contribution in [3.8, 4) is 0 Å². The Kier molecular flexibility index (Phi) is 58.7. The normalized spacial score (nSPS) is 14.2. The zero-order valence-corrected chi connectivity index (χ0v) is 59.0. The largest absolute Gasteiger partial charge is 0.472 e. The molecule has 0 fully saturated rings. The number of carbonyl (C=O) groups excluding carboxylic acids is 4. The molecule has 0 aliphatic carbocycles. The van der Waals surface area contributed by atoms with Gasteiger partial charge in [-0.25, -0.2) is 9.13 Å². The molecule has 0 rings (SSSR count). The highest BCUT2D eigenvalue weighted by Gasteiger charge is 2.30. The van der Waals surface area contributed by atoms with Gasteiger partial charge in [-0.1, -0.05) is 292 Å². The zero-order valence-electron chi connectivity index (χ0n) is 57.2. The quantitative estimate of drug-likeness (QED) is 0.0222. The maximum atomic E-state index is 13.0. The number of aliphatic hydroxyl groups excluding tert-OH is 1. The molecular weight excluding hydrogens is 1160 g/mol. The van der Waals surface area contributed by atoms with Crippen molar-refractivity contribution in [2.75, 3.05) is 39.6 Å². The lowest BCUT2D eigenvalue weighted by atomic mass is 10.0. The van der Waals surface area contributed by atoms with Gasteiger partial charge in [0.25, 0.3) is 0 Å². The first-order valence-corrected chi connectivity index (χ1v) is 38.8. The molecule has 0 saturated carbocycles. The number of hydrogen-bond acceptors (Lipinski definition) is 15. The van der Waals surface area contributed by atoms with Crippen LogP contribution in [0.25, 0.3) is 0 Å². The maximum Gasteiger partial charge on any atom is 0.472 e. The highest BCUT2D eigenvalue weighted by molar-refractivity contribution is 7.47. The van der Waals surface area contributed by atoms with Gasteiger partial charge < -0.3 is 33.8 Å². The Morgan fingerprint density at radius 2 is 0.523 bits per heavy atom. The molecule has 0 spiro atoms. The fourth-order valence-electron chi connectivity index (χ4n) is 10.4. The van der Waals surface area contributed by atoms with E-state index in [1.807, 2.05) is 0 Å². The third-order valence-electron chi connectivity index (χ3n) is 15.9. The summed E-state index contributed by atoms with van der Waals surface area (Å²) in [4.78, 5) is 72.1. The summed E-state index contributed by atoms with van der Waals surface area (Å²) in [6, 6.07) is 0. The molecule has 0 aliphatic rings. The summed E-state index contributed by atoms with van der Waals surface area (Å²) in [5, 5.41) is 10.5. The summed E-state index contributed by atoms with van der Waals surface area (Å²) in [6.45, 7) is 11.7. The van der Waals surface area contributed by atoms with Crippen molar-refractivity contribution in [1.82, 2.24) is 0 Å². The molecule has 0 saturated heterocycles. The molecule has 0 amide bonds. The molecule has 19 heteroatoms. The molecule has 0 bridgehead atoms. The Bertz CT molecular complexity index is 1730. The number of phosphoric acid groups is 2. The van der Waals surface area contributed by atoms with Crippen LogP contribution in [0.1, 0.15) is 344 Å². The summed E-state index contributed by atoms with van der Waals surface area (Å²) >= 11 is 0. The third kappa shape index (κ3) is 62.8. The first kappa shape index (κ1) is 86.1. The summed E-state index contributed by atoms with van der Waals surface area (Å²) in [6.07, 6.45) is 43.8. The lowest BCUT2D eigenvalue weighted by molar-refractivity contribution is -0.161. The Morgan fingerprint density at radius 1 is 0.307 bits per heavy atom. The third-order valence-corrected chi connectivity index (χ3v) is 17.8. The Hall–Kier alpha value is -1.94. The first-order chi connectivity index (χ1) is 42.2. The van der Waals surface area contributed by atoms with Crippen LogP contribution in [0.4, 0.5) is 0 Å². The van der Waals surface area contributed by atoms with Crippen molar-refractivity contribution in [2.24, 2.45) is 17.8 Å². The fraction of sp³-hybridized carbons (Fsp3) is 0.942. The topological polar surface area (TPSA) is 237 Å². The average Bonchev–Trinajstić information content (AvgIpc) is 3.69. The number of rotatable bonds is 67. The highest BCUT2D eigenvalue weighted by Crippen LogP contribution is 2.45. The molecule has 2 unspecified atom stereocenters. The second kappa shape index (κ2) is 60.0. The summed E-state index contributed by atoms with van der Waals surface area (Å²) < 4.78 is 67.9. The molecule has 0 aromatic heterocycles. The molecule has 0 heterocycles. The van der Waals surface area contributed by atoms with Crippen molar-refractivity contribution < 1.29 is 80.2 Å². The van der Waals surface area contributed by atoms with Crippen LogP contribution < -0.4 is 0 Å². The Labute approximate surface area is 537 Å². The Morgan fingerprint density at radius 3 is 0.773 bits per heavy atom. The van der Waals surface area contributed by atoms with Crippen molar-refractivity contribution in [3.05, 3.63) is 0 Å². The lowest BCUT2D eigenvalue weighted by Crippen LogP contribution is -2.30. The summed E-state index contributed by atoms with van der Waals surface area (Å²) in [5.41, 5.74) is 0. The van der Waals surface area contributed by atoms with Gasteiger partial charge in [0.15, 0.2) is 12.2 Å². The van der Waals surface area contributed by atoms with Gasteiger partial charge in [-0.3, -0.25) is 37.3 Å². The molecule has 88 heavy (non-hydrogen) atoms. The van der Waals surface area contributed by atoms with Gasteiger partial charge in [0, 0.05) is 25.7 Å². The van der Waals surface area contributed by atoms with Crippen LogP contribution in [0, 0.1) is 17.8 Å². The van der Waals surface area contributed by atoms with Crippen LogP contribution in [0.3, 0.4) is 0 Å². The zero-order chi connectivity index (χ0) is 65.2. The number of hydrogen-bond donors (Lipinski definition) is 3. The van der Waals surface area contributed by atoms with Crippen LogP contribution in [0.15, 0.2) is 0 Å². The molecule has 5 atom stereocenters. The molecule has 0 aromatic rings. The van der Waals surface area contributed by atoms with Crippen molar-refractivity contribution in [1.29, 1.82) is 0 Å². The average molecular weight is 1300 g/mol. The monoisotopic (exact) mass is 1300 g/mol. The smallest absolute Gasteiger partial charge is 0.462 e. The number of phosphoric ester groups is 2. The van der Waals surface area contributed by atoms with E-state index in [4.69, 9.17) is 37.0 Å². The fourth-order valence-corrected chi connectivity index (χ4v) is 11.9. The minimum atomic E-state index is -4.95. The second-order valence-electron chi connectivity index (χ2n) is 26.3. The van der Waals surface area contributed by atoms with Gasteiger partial charge in [-0.05, 0) is 43.4 Å². The molecule has 0 radical (unpaired) electrons. The number of esters is 4. The molecule has 0 aliphatic heterocycles. The van der Waals surface area contributed by atoms with Crippen LogP contribution in [-0.2, 0) is 65.4 Å². The van der Waals surface area contributed by atoms with Gasteiger partial charge >= 0.3 is 39.5 Å². The number of ether oxygens (including phenoxy) is 4. The number of carbonyl (C=O) groups is 4. The van der Waals surface area contributed by atoms with Crippen molar-refractivity contribution in [2.45, 2.75) is 362 Å². The second-order valence-corrected chi connectivity index (χ2v) is 29.3. The molecule has 17 nitrogen and oxygen atoms in total. The Balaban J connectivity index is 5.10. The minimum absolute atomic E-state index is 0.101. The van der Waals surface area contributed by atoms with Gasteiger partial charge in [0.2, 0.25) is 0 Å². The van der Waals surface area contributed by atoms with Gasteiger partial charge in [0.1, 0.15) is 19.3 Å². The maximum absolute atomic E-state index is 13.0. The van der Waals surface area contributed by atoms with Crippen LogP contribution >= 0.6 is 15.6 Å². The minimum Gasteiger partial charge on any atom is -0.462 e. The van der Waals surface area contributed by atoms with Gasteiger partial charge in [0.05, 0.1) is 26.4 Å². The highest BCUT2D eigenvalue weighted by atomic mass is 31.2. The van der Waals surface area contributed by atoms with E-state index in [0.717, 1.165) is 108 Å². The summed E-state index contributed by atoms with van der Waals surface area (Å²) in [7, 11) is -9.89. The number of unbranched alkanes of at least 4 members (excludes halogenated alkanes) is 35. The van der Waals surface area contributed by atoms with E-state index in [2.05, 4.69) is 48.5 Å². The molecule has 0 aromatic carbocycles. The van der Waals surface area contributed by atoms with Gasteiger partial charge in [-0.15, -0.1) is 0 Å². The predicted octanol–water partition coefficient (Wildman–Crippen LogP) is 19.5. The van der Waals surface area contributed by atoms with E-state index < -0.39 is 97.5 Å². The molecular formula is C69H134O17P2. The van der Waals surface area contributed by atoms with E-state index >= 15 is 0 Å². The van der Waals surface area contributed by atoms with Crippen molar-refractivity contribution in [3.63, 3.8) is 0 Å². The predicted molar refractivity (Wildman–Crippen MR) is 354 cm³/mol. The summed E-state index contributed by atoms with van der Waals surface area (Å²) in [5.74, 6) is 0.105.